The van der Waals surface area contributed by atoms with Gasteiger partial charge in [0.2, 0.25) is 15.9 Å². The molecule has 0 aromatic heterocycles. The van der Waals surface area contributed by atoms with E-state index in [0.29, 0.717) is 19.3 Å². The zero-order valence-electron chi connectivity index (χ0n) is 18.0. The first kappa shape index (κ1) is 25.9. The van der Waals surface area contributed by atoms with Gasteiger partial charge >= 0.3 is 5.97 Å². The van der Waals surface area contributed by atoms with Gasteiger partial charge in [-0.05, 0) is 32.2 Å². The second-order valence-corrected chi connectivity index (χ2v) is 9.79. The van der Waals surface area contributed by atoms with Crippen molar-refractivity contribution >= 4 is 21.9 Å². The minimum atomic E-state index is -3.71. The lowest BCUT2D eigenvalue weighted by atomic mass is 10.0. The molecule has 2 aliphatic heterocycles. The average molecular weight is 465 g/mol. The van der Waals surface area contributed by atoms with Crippen LogP contribution in [-0.4, -0.2) is 81.8 Å². The minimum Gasteiger partial charge on any atom is -0.480 e. The van der Waals surface area contributed by atoms with Crippen LogP contribution in [0.4, 0.5) is 0 Å². The summed E-state index contributed by atoms with van der Waals surface area (Å²) in [7, 11) is -3.71. The van der Waals surface area contributed by atoms with E-state index in [1.807, 2.05) is 6.92 Å². The molecule has 12 nitrogen and oxygen atoms in total. The first-order chi connectivity index (χ1) is 14.8. The fourth-order valence-corrected chi connectivity index (χ4v) is 4.84. The maximum absolute atomic E-state index is 12.2. The zero-order valence-corrected chi connectivity index (χ0v) is 18.8. The SMILES string of the molecule is CCCCS(=O)(=O)NC(CNC(=O)CC1CC(CCCNC2NCCN2)NO1)C(=O)O. The standard InChI is InChI=1S/C18H36N6O6S/c1-2-3-9-31(28,29)24-15(17(26)27)12-22-16(25)11-14-10-13(23-30-14)5-4-6-19-18-20-7-8-21-18/h13-15,18-21,23-24H,2-12H2,1H3,(H,22,25)(H,26,27). The number of aliphatic carboxylic acids is 1. The van der Waals surface area contributed by atoms with Crippen LogP contribution in [0, 0.1) is 0 Å². The molecule has 1 amide bonds. The van der Waals surface area contributed by atoms with E-state index in [1.165, 1.54) is 0 Å². The van der Waals surface area contributed by atoms with E-state index in [0.717, 1.165) is 32.5 Å². The predicted octanol–water partition coefficient (Wildman–Crippen LogP) is -1.83. The van der Waals surface area contributed by atoms with Crippen molar-refractivity contribution in [2.75, 3.05) is 31.9 Å². The molecule has 2 rings (SSSR count). The van der Waals surface area contributed by atoms with Gasteiger partial charge in [0, 0.05) is 25.7 Å². The fourth-order valence-electron chi connectivity index (χ4n) is 3.44. The van der Waals surface area contributed by atoms with Crippen LogP contribution < -0.4 is 31.5 Å². The summed E-state index contributed by atoms with van der Waals surface area (Å²) in [5.41, 5.74) is 2.95. The number of carboxylic acids is 1. The highest BCUT2D eigenvalue weighted by Crippen LogP contribution is 2.17. The summed E-state index contributed by atoms with van der Waals surface area (Å²) in [5, 5.41) is 21.7. The van der Waals surface area contributed by atoms with Crippen LogP contribution in [0.2, 0.25) is 0 Å². The van der Waals surface area contributed by atoms with E-state index in [1.54, 1.807) is 0 Å². The zero-order chi connectivity index (χ0) is 22.7. The summed E-state index contributed by atoms with van der Waals surface area (Å²) in [4.78, 5) is 29.0. The second kappa shape index (κ2) is 13.3. The molecule has 7 N–H and O–H groups in total. The normalized spacial score (nSPS) is 23.1. The lowest BCUT2D eigenvalue weighted by Crippen LogP contribution is -2.49. The number of carbonyl (C=O) groups excluding carboxylic acids is 1. The third-order valence-electron chi connectivity index (χ3n) is 5.15. The van der Waals surface area contributed by atoms with E-state index in [4.69, 9.17) is 4.84 Å². The predicted molar refractivity (Wildman–Crippen MR) is 114 cm³/mol. The van der Waals surface area contributed by atoms with E-state index >= 15 is 0 Å². The monoisotopic (exact) mass is 464 g/mol. The van der Waals surface area contributed by atoms with Gasteiger partial charge in [-0.25, -0.2) is 8.42 Å². The molecule has 0 spiro atoms. The Hall–Kier alpha value is -1.35. The third kappa shape index (κ3) is 10.2. The number of hydrogen-bond donors (Lipinski definition) is 7. The van der Waals surface area contributed by atoms with Crippen LogP contribution in [0.1, 0.15) is 45.4 Å². The largest absolute Gasteiger partial charge is 0.480 e. The molecule has 2 saturated heterocycles. The number of hydrogen-bond acceptors (Lipinski definition) is 9. The van der Waals surface area contributed by atoms with Crippen molar-refractivity contribution in [3.05, 3.63) is 0 Å². The molecule has 0 saturated carbocycles. The van der Waals surface area contributed by atoms with Crippen molar-refractivity contribution < 1.29 is 28.0 Å². The molecule has 0 bridgehead atoms. The number of nitrogens with one attached hydrogen (secondary N) is 6. The molecule has 3 unspecified atom stereocenters. The molecule has 0 aromatic rings. The molecule has 13 heteroatoms. The molecule has 2 fully saturated rings. The highest BCUT2D eigenvalue weighted by Gasteiger charge is 2.28. The van der Waals surface area contributed by atoms with Crippen molar-refractivity contribution in [2.45, 2.75) is 69.9 Å². The lowest BCUT2D eigenvalue weighted by Gasteiger charge is -2.16. The van der Waals surface area contributed by atoms with Gasteiger partial charge in [0.25, 0.3) is 0 Å². The van der Waals surface area contributed by atoms with Crippen LogP contribution >= 0.6 is 0 Å². The number of amides is 1. The Morgan fingerprint density at radius 1 is 1.23 bits per heavy atom. The minimum absolute atomic E-state index is 0.0760. The molecular formula is C18H36N6O6S. The summed E-state index contributed by atoms with van der Waals surface area (Å²) in [6.07, 6.45) is 3.58. The van der Waals surface area contributed by atoms with Gasteiger partial charge in [0.15, 0.2) is 0 Å². The van der Waals surface area contributed by atoms with Crippen molar-refractivity contribution in [3.8, 4) is 0 Å². The molecular weight excluding hydrogens is 428 g/mol. The van der Waals surface area contributed by atoms with E-state index in [9.17, 15) is 23.1 Å². The maximum Gasteiger partial charge on any atom is 0.323 e. The highest BCUT2D eigenvalue weighted by molar-refractivity contribution is 7.89. The van der Waals surface area contributed by atoms with Gasteiger partial charge in [0.1, 0.15) is 12.3 Å². The van der Waals surface area contributed by atoms with Gasteiger partial charge in [-0.15, -0.1) is 0 Å². The molecule has 180 valence electrons. The van der Waals surface area contributed by atoms with Gasteiger partial charge in [-0.3, -0.25) is 30.4 Å². The Morgan fingerprint density at radius 3 is 2.65 bits per heavy atom. The second-order valence-electron chi connectivity index (χ2n) is 7.92. The van der Waals surface area contributed by atoms with Crippen molar-refractivity contribution in [1.29, 1.82) is 0 Å². The van der Waals surface area contributed by atoms with Crippen LogP contribution in [0.25, 0.3) is 0 Å². The molecule has 0 aromatic carbocycles. The lowest BCUT2D eigenvalue weighted by molar-refractivity contribution is -0.139. The first-order valence-corrected chi connectivity index (χ1v) is 12.5. The van der Waals surface area contributed by atoms with Gasteiger partial charge in [0.05, 0.1) is 18.3 Å². The van der Waals surface area contributed by atoms with Crippen LogP contribution in [0.3, 0.4) is 0 Å². The molecule has 2 heterocycles. The molecule has 0 radical (unpaired) electrons. The van der Waals surface area contributed by atoms with E-state index in [-0.39, 0.29) is 43.1 Å². The Morgan fingerprint density at radius 2 is 1.97 bits per heavy atom. The molecule has 0 aliphatic carbocycles. The van der Waals surface area contributed by atoms with Crippen LogP contribution in [0.15, 0.2) is 0 Å². The quantitative estimate of drug-likeness (QED) is 0.137. The van der Waals surface area contributed by atoms with Crippen molar-refractivity contribution in [2.24, 2.45) is 0 Å². The van der Waals surface area contributed by atoms with E-state index in [2.05, 4.69) is 31.5 Å². The third-order valence-corrected chi connectivity index (χ3v) is 6.62. The van der Waals surface area contributed by atoms with Crippen LogP contribution in [-0.2, 0) is 24.4 Å². The fraction of sp³-hybridized carbons (Fsp3) is 0.889. The number of rotatable bonds is 15. The summed E-state index contributed by atoms with van der Waals surface area (Å²) in [5.74, 6) is -1.87. The first-order valence-electron chi connectivity index (χ1n) is 10.9. The summed E-state index contributed by atoms with van der Waals surface area (Å²) >= 11 is 0. The van der Waals surface area contributed by atoms with E-state index < -0.39 is 22.0 Å². The highest BCUT2D eigenvalue weighted by atomic mass is 32.2. The van der Waals surface area contributed by atoms with Crippen molar-refractivity contribution in [3.63, 3.8) is 0 Å². The van der Waals surface area contributed by atoms with Gasteiger partial charge < -0.3 is 10.4 Å². The molecule has 2 aliphatic rings. The number of sulfonamides is 1. The summed E-state index contributed by atoms with van der Waals surface area (Å²) in [6, 6.07) is -1.25. The van der Waals surface area contributed by atoms with Crippen LogP contribution in [0.5, 0.6) is 0 Å². The Balaban J connectivity index is 1.62. The summed E-state index contributed by atoms with van der Waals surface area (Å²) in [6.45, 7) is 4.29. The molecule has 31 heavy (non-hydrogen) atoms. The number of carbonyl (C=O) groups is 2. The number of hydroxylamine groups is 1. The van der Waals surface area contributed by atoms with Gasteiger partial charge in [-0.1, -0.05) is 13.3 Å². The Bertz CT molecular complexity index is 672. The maximum atomic E-state index is 12.2. The Kier molecular flexibility index (Phi) is 11.1. The average Bonchev–Trinajstić information content (AvgIpc) is 3.39. The van der Waals surface area contributed by atoms with Gasteiger partial charge in [-0.2, -0.15) is 10.2 Å². The number of unbranched alkanes of at least 4 members (excludes halogenated alkanes) is 1. The van der Waals surface area contributed by atoms with Crippen molar-refractivity contribution in [1.82, 2.24) is 31.5 Å². The Labute approximate surface area is 183 Å². The topological polar surface area (TPSA) is 170 Å². The molecule has 3 atom stereocenters. The summed E-state index contributed by atoms with van der Waals surface area (Å²) < 4.78 is 26.0. The number of carboxylic acid groups (broad SMARTS) is 1. The smallest absolute Gasteiger partial charge is 0.323 e.